The summed E-state index contributed by atoms with van der Waals surface area (Å²) in [5, 5.41) is 0. The summed E-state index contributed by atoms with van der Waals surface area (Å²) in [7, 11) is 0. The van der Waals surface area contributed by atoms with Gasteiger partial charge in [-0.3, -0.25) is 9.59 Å². The largest absolute Gasteiger partial charge is 0.461 e. The van der Waals surface area contributed by atoms with Crippen molar-refractivity contribution in [1.82, 2.24) is 0 Å². The van der Waals surface area contributed by atoms with E-state index in [9.17, 15) is 9.59 Å². The highest BCUT2D eigenvalue weighted by atomic mass is 16.6. The van der Waals surface area contributed by atoms with Crippen molar-refractivity contribution in [1.29, 1.82) is 0 Å². The molecule has 23 heavy (non-hydrogen) atoms. The Kier molecular flexibility index (Phi) is 8.35. The predicted molar refractivity (Wildman–Crippen MR) is 90.9 cm³/mol. The van der Waals surface area contributed by atoms with Gasteiger partial charge in [0.1, 0.15) is 12.0 Å². The number of allylic oxidation sites excluding steroid dienone is 2. The third-order valence-electron chi connectivity index (χ3n) is 4.47. The lowest BCUT2D eigenvalue weighted by atomic mass is 9.89. The first-order valence-corrected chi connectivity index (χ1v) is 8.96. The van der Waals surface area contributed by atoms with Gasteiger partial charge in [0.15, 0.2) is 6.10 Å². The molecule has 0 saturated carbocycles. The van der Waals surface area contributed by atoms with Crippen molar-refractivity contribution in [3.63, 3.8) is 0 Å². The van der Waals surface area contributed by atoms with E-state index < -0.39 is 11.5 Å². The number of esters is 2. The number of carbonyl (C=O) groups is 2. The van der Waals surface area contributed by atoms with E-state index in [2.05, 4.69) is 26.0 Å². The zero-order valence-electron chi connectivity index (χ0n) is 15.1. The SMILES string of the molecule is CCC/C=C/CCCC(CCC)C(=O)OC1COC(=O)C1(C)C. The number of carbonyl (C=O) groups excluding carboxylic acids is 2. The predicted octanol–water partition coefficient (Wildman–Crippen LogP) is 4.42. The molecular weight excluding hydrogens is 292 g/mol. The van der Waals surface area contributed by atoms with Crippen LogP contribution in [0.1, 0.15) is 72.6 Å². The van der Waals surface area contributed by atoms with Gasteiger partial charge in [-0.15, -0.1) is 0 Å². The van der Waals surface area contributed by atoms with Crippen LogP contribution in [0.15, 0.2) is 12.2 Å². The van der Waals surface area contributed by atoms with E-state index in [1.807, 2.05) is 0 Å². The third kappa shape index (κ3) is 6.00. The molecule has 1 saturated heterocycles. The summed E-state index contributed by atoms with van der Waals surface area (Å²) >= 11 is 0. The summed E-state index contributed by atoms with van der Waals surface area (Å²) in [5.41, 5.74) is -0.741. The average molecular weight is 324 g/mol. The Labute approximate surface area is 140 Å². The number of cyclic esters (lactones) is 1. The highest BCUT2D eigenvalue weighted by Crippen LogP contribution is 2.32. The fourth-order valence-electron chi connectivity index (χ4n) is 2.71. The molecule has 0 bridgehead atoms. The first-order valence-electron chi connectivity index (χ1n) is 8.96. The standard InChI is InChI=1S/C19H32O4/c1-5-7-8-9-10-11-13-15(12-6-2)17(20)23-16-14-22-18(21)19(16,3)4/h8-9,15-16H,5-7,10-14H2,1-4H3/b9-8+. The molecule has 2 unspecified atom stereocenters. The normalized spacial score (nSPS) is 21.4. The molecule has 0 aliphatic carbocycles. The Morgan fingerprint density at radius 3 is 2.52 bits per heavy atom. The number of unbranched alkanes of at least 4 members (excludes halogenated alkanes) is 2. The number of ether oxygens (including phenoxy) is 2. The highest BCUT2D eigenvalue weighted by Gasteiger charge is 2.47. The van der Waals surface area contributed by atoms with E-state index >= 15 is 0 Å². The van der Waals surface area contributed by atoms with E-state index in [0.717, 1.165) is 38.5 Å². The van der Waals surface area contributed by atoms with Gasteiger partial charge < -0.3 is 9.47 Å². The second kappa shape index (κ2) is 9.74. The molecule has 0 radical (unpaired) electrons. The maximum Gasteiger partial charge on any atom is 0.315 e. The molecule has 0 aromatic heterocycles. The third-order valence-corrected chi connectivity index (χ3v) is 4.47. The molecular formula is C19H32O4. The zero-order chi connectivity index (χ0) is 17.3. The lowest BCUT2D eigenvalue weighted by Crippen LogP contribution is -2.36. The summed E-state index contributed by atoms with van der Waals surface area (Å²) in [6.07, 6.45) is 10.8. The van der Waals surface area contributed by atoms with Crippen LogP contribution in [0.3, 0.4) is 0 Å². The minimum Gasteiger partial charge on any atom is -0.461 e. The van der Waals surface area contributed by atoms with Crippen LogP contribution >= 0.6 is 0 Å². The van der Waals surface area contributed by atoms with Gasteiger partial charge in [-0.25, -0.2) is 0 Å². The first-order chi connectivity index (χ1) is 10.9. The van der Waals surface area contributed by atoms with Gasteiger partial charge in [0.2, 0.25) is 0 Å². The number of rotatable bonds is 10. The van der Waals surface area contributed by atoms with Gasteiger partial charge in [0.05, 0.1) is 5.92 Å². The van der Waals surface area contributed by atoms with E-state index in [0.29, 0.717) is 0 Å². The fourth-order valence-corrected chi connectivity index (χ4v) is 2.71. The molecule has 0 N–H and O–H groups in total. The summed E-state index contributed by atoms with van der Waals surface area (Å²) in [5.74, 6) is -0.546. The lowest BCUT2D eigenvalue weighted by Gasteiger charge is -2.24. The minimum atomic E-state index is -0.741. The van der Waals surface area contributed by atoms with Gasteiger partial charge in [-0.2, -0.15) is 0 Å². The minimum absolute atomic E-state index is 0.0777. The van der Waals surface area contributed by atoms with Crippen LogP contribution in [0.25, 0.3) is 0 Å². The number of hydrogen-bond donors (Lipinski definition) is 0. The zero-order valence-corrected chi connectivity index (χ0v) is 15.1. The molecule has 4 nitrogen and oxygen atoms in total. The van der Waals surface area contributed by atoms with Gasteiger partial charge in [-0.05, 0) is 46.0 Å². The van der Waals surface area contributed by atoms with Crippen LogP contribution in [0.4, 0.5) is 0 Å². The quantitative estimate of drug-likeness (QED) is 0.339. The molecule has 0 aromatic carbocycles. The topological polar surface area (TPSA) is 52.6 Å². The lowest BCUT2D eigenvalue weighted by molar-refractivity contribution is -0.159. The van der Waals surface area contributed by atoms with Gasteiger partial charge in [0.25, 0.3) is 0 Å². The van der Waals surface area contributed by atoms with Crippen molar-refractivity contribution in [2.24, 2.45) is 11.3 Å². The molecule has 0 aromatic rings. The molecule has 1 fully saturated rings. The summed E-state index contributed by atoms with van der Waals surface area (Å²) in [6.45, 7) is 7.96. The molecule has 0 spiro atoms. The second-order valence-corrected chi connectivity index (χ2v) is 6.92. The Bertz CT molecular complexity index is 412. The van der Waals surface area contributed by atoms with E-state index in [1.54, 1.807) is 13.8 Å². The maximum atomic E-state index is 12.4. The molecule has 1 aliphatic rings. The van der Waals surface area contributed by atoms with Crippen LogP contribution < -0.4 is 0 Å². The first kappa shape index (κ1) is 19.7. The smallest absolute Gasteiger partial charge is 0.315 e. The summed E-state index contributed by atoms with van der Waals surface area (Å²) < 4.78 is 10.6. The maximum absolute atomic E-state index is 12.4. The Hall–Kier alpha value is -1.32. The summed E-state index contributed by atoms with van der Waals surface area (Å²) in [6, 6.07) is 0. The van der Waals surface area contributed by atoms with Crippen molar-refractivity contribution < 1.29 is 19.1 Å². The van der Waals surface area contributed by atoms with E-state index in [4.69, 9.17) is 9.47 Å². The molecule has 0 amide bonds. The molecule has 2 atom stereocenters. The molecule has 132 valence electrons. The van der Waals surface area contributed by atoms with Crippen molar-refractivity contribution >= 4 is 11.9 Å². The molecule has 1 heterocycles. The molecule has 4 heteroatoms. The fraction of sp³-hybridized carbons (Fsp3) is 0.789. The Balaban J connectivity index is 2.46. The van der Waals surface area contributed by atoms with Crippen molar-refractivity contribution in [3.8, 4) is 0 Å². The Morgan fingerprint density at radius 2 is 1.96 bits per heavy atom. The average Bonchev–Trinajstić information content (AvgIpc) is 2.76. The van der Waals surface area contributed by atoms with Crippen LogP contribution in [0, 0.1) is 11.3 Å². The molecule has 1 rings (SSSR count). The van der Waals surface area contributed by atoms with Crippen molar-refractivity contribution in [3.05, 3.63) is 12.2 Å². The highest BCUT2D eigenvalue weighted by molar-refractivity contribution is 5.80. The van der Waals surface area contributed by atoms with Gasteiger partial charge >= 0.3 is 11.9 Å². The summed E-state index contributed by atoms with van der Waals surface area (Å²) in [4.78, 5) is 24.1. The van der Waals surface area contributed by atoms with Crippen molar-refractivity contribution in [2.45, 2.75) is 78.7 Å². The number of hydrogen-bond acceptors (Lipinski definition) is 4. The monoisotopic (exact) mass is 324 g/mol. The second-order valence-electron chi connectivity index (χ2n) is 6.92. The van der Waals surface area contributed by atoms with E-state index in [-0.39, 0.29) is 24.5 Å². The molecule has 1 aliphatic heterocycles. The van der Waals surface area contributed by atoms with Gasteiger partial charge in [0, 0.05) is 0 Å². The van der Waals surface area contributed by atoms with Gasteiger partial charge in [-0.1, -0.05) is 38.8 Å². The van der Waals surface area contributed by atoms with Crippen LogP contribution in [-0.2, 0) is 19.1 Å². The van der Waals surface area contributed by atoms with Crippen LogP contribution in [0.2, 0.25) is 0 Å². The Morgan fingerprint density at radius 1 is 1.26 bits per heavy atom. The van der Waals surface area contributed by atoms with Crippen LogP contribution in [0.5, 0.6) is 0 Å². The van der Waals surface area contributed by atoms with Crippen LogP contribution in [-0.4, -0.2) is 24.6 Å². The van der Waals surface area contributed by atoms with Crippen molar-refractivity contribution in [2.75, 3.05) is 6.61 Å². The van der Waals surface area contributed by atoms with E-state index in [1.165, 1.54) is 6.42 Å².